The highest BCUT2D eigenvalue weighted by Gasteiger charge is 2.42. The van der Waals surface area contributed by atoms with Crippen molar-refractivity contribution in [2.45, 2.75) is 92.3 Å². The molecule has 124 valence electrons. The third-order valence-corrected chi connectivity index (χ3v) is 3.90. The van der Waals surface area contributed by atoms with Gasteiger partial charge in [0.05, 0.1) is 6.10 Å². The van der Waals surface area contributed by atoms with Crippen LogP contribution in [0.3, 0.4) is 0 Å². The van der Waals surface area contributed by atoms with Crippen LogP contribution in [0.25, 0.3) is 0 Å². The van der Waals surface area contributed by atoms with E-state index in [1.54, 1.807) is 0 Å². The standard InChI is InChI=1S/C17H32O4/c1-7-8-9-10-11-14-12(2)15(19-13(3)18)21-16(20-14)17(4,5)6/h12,14-16H,7-11H2,1-6H3/t12-,14+,15+,16+/m1/s1. The Morgan fingerprint density at radius 1 is 1.14 bits per heavy atom. The molecule has 4 heteroatoms. The zero-order valence-corrected chi connectivity index (χ0v) is 14.5. The summed E-state index contributed by atoms with van der Waals surface area (Å²) in [4.78, 5) is 11.3. The van der Waals surface area contributed by atoms with Gasteiger partial charge in [-0.2, -0.15) is 0 Å². The van der Waals surface area contributed by atoms with Crippen LogP contribution < -0.4 is 0 Å². The number of rotatable bonds is 6. The summed E-state index contributed by atoms with van der Waals surface area (Å²) in [6, 6.07) is 0. The molecule has 0 aliphatic carbocycles. The number of unbranched alkanes of at least 4 members (excludes halogenated alkanes) is 3. The predicted molar refractivity (Wildman–Crippen MR) is 82.7 cm³/mol. The SMILES string of the molecule is CCCCCC[C@@H]1O[C@H](C(C)(C)C)O[C@H](OC(C)=O)[C@@H]1C. The predicted octanol–water partition coefficient (Wildman–Crippen LogP) is 4.27. The highest BCUT2D eigenvalue weighted by Crippen LogP contribution is 2.36. The smallest absolute Gasteiger partial charge is 0.304 e. The van der Waals surface area contributed by atoms with Crippen molar-refractivity contribution < 1.29 is 19.0 Å². The Kier molecular flexibility index (Phi) is 7.14. The van der Waals surface area contributed by atoms with Gasteiger partial charge in [-0.15, -0.1) is 0 Å². The first-order valence-corrected chi connectivity index (χ1v) is 8.23. The van der Waals surface area contributed by atoms with E-state index in [2.05, 4.69) is 27.7 Å². The third kappa shape index (κ3) is 5.95. The summed E-state index contributed by atoms with van der Waals surface area (Å²) in [6.07, 6.45) is 5.09. The van der Waals surface area contributed by atoms with E-state index in [-0.39, 0.29) is 29.7 Å². The van der Waals surface area contributed by atoms with Crippen molar-refractivity contribution in [2.24, 2.45) is 11.3 Å². The Labute approximate surface area is 129 Å². The van der Waals surface area contributed by atoms with E-state index in [0.29, 0.717) is 0 Å². The van der Waals surface area contributed by atoms with Gasteiger partial charge in [0.1, 0.15) is 0 Å². The van der Waals surface area contributed by atoms with Gasteiger partial charge in [-0.25, -0.2) is 0 Å². The molecular formula is C17H32O4. The molecule has 0 spiro atoms. The Morgan fingerprint density at radius 3 is 2.33 bits per heavy atom. The first-order chi connectivity index (χ1) is 9.75. The lowest BCUT2D eigenvalue weighted by molar-refractivity contribution is -0.345. The molecule has 0 amide bonds. The molecule has 0 aromatic heterocycles. The van der Waals surface area contributed by atoms with Crippen LogP contribution in [0.15, 0.2) is 0 Å². The molecule has 1 aliphatic heterocycles. The molecule has 1 heterocycles. The Balaban J connectivity index is 2.67. The molecule has 0 radical (unpaired) electrons. The Hall–Kier alpha value is -0.610. The van der Waals surface area contributed by atoms with Crippen LogP contribution in [0.2, 0.25) is 0 Å². The van der Waals surface area contributed by atoms with Gasteiger partial charge in [0.2, 0.25) is 6.29 Å². The fourth-order valence-corrected chi connectivity index (χ4v) is 2.55. The quantitative estimate of drug-likeness (QED) is 0.543. The fourth-order valence-electron chi connectivity index (χ4n) is 2.55. The summed E-state index contributed by atoms with van der Waals surface area (Å²) in [5, 5.41) is 0. The van der Waals surface area contributed by atoms with E-state index >= 15 is 0 Å². The summed E-state index contributed by atoms with van der Waals surface area (Å²) in [5.74, 6) is -0.236. The van der Waals surface area contributed by atoms with Gasteiger partial charge in [0.25, 0.3) is 0 Å². The van der Waals surface area contributed by atoms with Crippen LogP contribution >= 0.6 is 0 Å². The number of esters is 1. The van der Waals surface area contributed by atoms with Crippen LogP contribution in [-0.4, -0.2) is 24.7 Å². The second-order valence-corrected chi connectivity index (χ2v) is 7.19. The number of carbonyl (C=O) groups is 1. The van der Waals surface area contributed by atoms with Crippen LogP contribution in [0.1, 0.15) is 73.6 Å². The minimum atomic E-state index is -0.503. The number of ether oxygens (including phenoxy) is 3. The molecular weight excluding hydrogens is 268 g/mol. The minimum Gasteiger partial charge on any atom is -0.435 e. The highest BCUT2D eigenvalue weighted by atomic mass is 16.8. The van der Waals surface area contributed by atoms with E-state index < -0.39 is 6.29 Å². The summed E-state index contributed by atoms with van der Waals surface area (Å²) in [6.45, 7) is 11.9. The van der Waals surface area contributed by atoms with Crippen molar-refractivity contribution in [2.75, 3.05) is 0 Å². The Morgan fingerprint density at radius 2 is 1.81 bits per heavy atom. The highest BCUT2D eigenvalue weighted by molar-refractivity contribution is 5.66. The van der Waals surface area contributed by atoms with Gasteiger partial charge in [0.15, 0.2) is 6.29 Å². The molecule has 4 nitrogen and oxygen atoms in total. The van der Waals surface area contributed by atoms with E-state index in [9.17, 15) is 4.79 Å². The molecule has 4 atom stereocenters. The van der Waals surface area contributed by atoms with Crippen LogP contribution in [0.4, 0.5) is 0 Å². The normalized spacial score (nSPS) is 30.2. The maximum atomic E-state index is 11.3. The molecule has 0 aromatic carbocycles. The van der Waals surface area contributed by atoms with Crippen LogP contribution in [-0.2, 0) is 19.0 Å². The summed E-state index contributed by atoms with van der Waals surface area (Å²) >= 11 is 0. The number of carbonyl (C=O) groups excluding carboxylic acids is 1. The van der Waals surface area contributed by atoms with E-state index in [0.717, 1.165) is 12.8 Å². The molecule has 1 fully saturated rings. The lowest BCUT2D eigenvalue weighted by Gasteiger charge is -2.44. The first kappa shape index (κ1) is 18.4. The molecule has 21 heavy (non-hydrogen) atoms. The maximum absolute atomic E-state index is 11.3. The molecule has 0 bridgehead atoms. The van der Waals surface area contributed by atoms with E-state index in [4.69, 9.17) is 14.2 Å². The van der Waals surface area contributed by atoms with Crippen molar-refractivity contribution in [3.63, 3.8) is 0 Å². The lowest BCUT2D eigenvalue weighted by atomic mass is 9.91. The molecule has 0 unspecified atom stereocenters. The van der Waals surface area contributed by atoms with Crippen molar-refractivity contribution in [3.8, 4) is 0 Å². The monoisotopic (exact) mass is 300 g/mol. The van der Waals surface area contributed by atoms with Gasteiger partial charge < -0.3 is 14.2 Å². The van der Waals surface area contributed by atoms with Gasteiger partial charge >= 0.3 is 5.97 Å². The zero-order chi connectivity index (χ0) is 16.0. The molecule has 0 saturated carbocycles. The number of hydrogen-bond donors (Lipinski definition) is 0. The molecule has 0 N–H and O–H groups in total. The Bertz CT molecular complexity index is 321. The van der Waals surface area contributed by atoms with Gasteiger partial charge in [-0.05, 0) is 6.42 Å². The van der Waals surface area contributed by atoms with E-state index in [1.807, 2.05) is 6.92 Å². The van der Waals surface area contributed by atoms with Crippen molar-refractivity contribution in [1.82, 2.24) is 0 Å². The average Bonchev–Trinajstić information content (AvgIpc) is 2.36. The lowest BCUT2D eigenvalue weighted by Crippen LogP contribution is -2.50. The molecule has 1 aliphatic rings. The van der Waals surface area contributed by atoms with Crippen molar-refractivity contribution >= 4 is 5.97 Å². The zero-order valence-electron chi connectivity index (χ0n) is 14.5. The number of hydrogen-bond acceptors (Lipinski definition) is 4. The van der Waals surface area contributed by atoms with Crippen molar-refractivity contribution in [1.29, 1.82) is 0 Å². The summed E-state index contributed by atoms with van der Waals surface area (Å²) in [7, 11) is 0. The summed E-state index contributed by atoms with van der Waals surface area (Å²) in [5.41, 5.74) is -0.139. The van der Waals surface area contributed by atoms with Gasteiger partial charge in [-0.1, -0.05) is 60.3 Å². The van der Waals surface area contributed by atoms with Gasteiger partial charge in [-0.3, -0.25) is 4.79 Å². The van der Waals surface area contributed by atoms with Gasteiger partial charge in [0, 0.05) is 18.3 Å². The van der Waals surface area contributed by atoms with E-state index in [1.165, 1.54) is 26.2 Å². The second-order valence-electron chi connectivity index (χ2n) is 7.19. The first-order valence-electron chi connectivity index (χ1n) is 8.23. The van der Waals surface area contributed by atoms with Crippen molar-refractivity contribution in [3.05, 3.63) is 0 Å². The topological polar surface area (TPSA) is 44.8 Å². The average molecular weight is 300 g/mol. The van der Waals surface area contributed by atoms with Crippen LogP contribution in [0.5, 0.6) is 0 Å². The minimum absolute atomic E-state index is 0.0640. The summed E-state index contributed by atoms with van der Waals surface area (Å²) < 4.78 is 17.4. The third-order valence-electron chi connectivity index (χ3n) is 3.90. The fraction of sp³-hybridized carbons (Fsp3) is 0.941. The largest absolute Gasteiger partial charge is 0.435 e. The molecule has 1 saturated heterocycles. The second kappa shape index (κ2) is 8.14. The van der Waals surface area contributed by atoms with Crippen LogP contribution in [0, 0.1) is 11.3 Å². The maximum Gasteiger partial charge on any atom is 0.304 e. The molecule has 1 rings (SSSR count). The molecule has 0 aromatic rings.